The van der Waals surface area contributed by atoms with Gasteiger partial charge in [0.05, 0.1) is 5.52 Å². The summed E-state index contributed by atoms with van der Waals surface area (Å²) in [4.78, 5) is 21.5. The number of fused-ring (bicyclic) bond motifs is 3. The first kappa shape index (κ1) is 20.5. The quantitative estimate of drug-likeness (QED) is 0.514. The smallest absolute Gasteiger partial charge is 0.317 e. The molecule has 0 bridgehead atoms. The van der Waals surface area contributed by atoms with Gasteiger partial charge in [0.2, 0.25) is 5.95 Å². The van der Waals surface area contributed by atoms with Gasteiger partial charge in [-0.2, -0.15) is 0 Å². The molecule has 9 heteroatoms. The molecule has 4 aromatic rings. The van der Waals surface area contributed by atoms with Gasteiger partial charge in [0.25, 0.3) is 0 Å². The van der Waals surface area contributed by atoms with Crippen LogP contribution in [0.25, 0.3) is 27.9 Å². The number of benzene rings is 2. The van der Waals surface area contributed by atoms with Crippen LogP contribution in [-0.2, 0) is 0 Å². The second-order valence-electron chi connectivity index (χ2n) is 7.78. The molecule has 0 saturated carbocycles. The van der Waals surface area contributed by atoms with Gasteiger partial charge >= 0.3 is 6.03 Å². The number of nitrogens with zero attached hydrogens (tertiary/aromatic N) is 6. The summed E-state index contributed by atoms with van der Waals surface area (Å²) in [6.07, 6.45) is 0.853. The number of urea groups is 1. The Morgan fingerprint density at radius 2 is 1.84 bits per heavy atom. The Morgan fingerprint density at radius 1 is 1.03 bits per heavy atom. The fraction of sp³-hybridized carbons (Fsp3) is 0.304. The Morgan fingerprint density at radius 3 is 2.66 bits per heavy atom. The van der Waals surface area contributed by atoms with Crippen molar-refractivity contribution in [2.75, 3.05) is 37.6 Å². The van der Waals surface area contributed by atoms with Crippen LogP contribution in [0.4, 0.5) is 10.7 Å². The molecule has 0 atom stereocenters. The van der Waals surface area contributed by atoms with Crippen molar-refractivity contribution in [3.05, 3.63) is 53.6 Å². The van der Waals surface area contributed by atoms with E-state index in [2.05, 4.69) is 20.4 Å². The highest BCUT2D eigenvalue weighted by atomic mass is 35.5. The average Bonchev–Trinajstić information content (AvgIpc) is 3.10. The third kappa shape index (κ3) is 3.71. The molecule has 2 aromatic heterocycles. The van der Waals surface area contributed by atoms with Crippen LogP contribution in [0.3, 0.4) is 0 Å². The van der Waals surface area contributed by atoms with Crippen LogP contribution in [0.15, 0.2) is 48.5 Å². The van der Waals surface area contributed by atoms with Crippen molar-refractivity contribution in [2.45, 2.75) is 13.3 Å². The summed E-state index contributed by atoms with van der Waals surface area (Å²) in [5.41, 5.74) is 2.55. The van der Waals surface area contributed by atoms with E-state index in [9.17, 15) is 4.79 Å². The number of halogens is 1. The Kier molecular flexibility index (Phi) is 5.53. The lowest BCUT2D eigenvalue weighted by molar-refractivity contribution is 0.202. The van der Waals surface area contributed by atoms with Gasteiger partial charge in [-0.15, -0.1) is 10.2 Å². The molecule has 1 N–H and O–H groups in total. The van der Waals surface area contributed by atoms with Crippen molar-refractivity contribution in [1.29, 1.82) is 0 Å². The molecule has 1 saturated heterocycles. The molecule has 1 aliphatic heterocycles. The first-order chi connectivity index (χ1) is 15.7. The third-order valence-corrected chi connectivity index (χ3v) is 5.98. The van der Waals surface area contributed by atoms with Crippen molar-refractivity contribution in [3.63, 3.8) is 0 Å². The highest BCUT2D eigenvalue weighted by Gasteiger charge is 2.24. The highest BCUT2D eigenvalue weighted by Crippen LogP contribution is 2.29. The normalized spacial score (nSPS) is 14.7. The van der Waals surface area contributed by atoms with Crippen LogP contribution in [-0.4, -0.2) is 63.2 Å². The van der Waals surface area contributed by atoms with E-state index in [0.29, 0.717) is 31.2 Å². The van der Waals surface area contributed by atoms with Gasteiger partial charge in [-0.05, 0) is 49.7 Å². The van der Waals surface area contributed by atoms with Crippen LogP contribution in [0, 0.1) is 0 Å². The number of hydrogen-bond acceptors (Lipinski definition) is 5. The summed E-state index contributed by atoms with van der Waals surface area (Å²) in [5.74, 6) is 1.50. The molecule has 0 radical (unpaired) electrons. The largest absolute Gasteiger partial charge is 0.340 e. The van der Waals surface area contributed by atoms with Gasteiger partial charge in [-0.1, -0.05) is 23.7 Å². The molecule has 2 amide bonds. The second-order valence-corrected chi connectivity index (χ2v) is 8.22. The first-order valence-electron chi connectivity index (χ1n) is 10.8. The maximum Gasteiger partial charge on any atom is 0.317 e. The number of rotatable bonds is 3. The first-order valence-corrected chi connectivity index (χ1v) is 11.2. The topological polar surface area (TPSA) is 78.7 Å². The second kappa shape index (κ2) is 8.63. The van der Waals surface area contributed by atoms with E-state index in [4.69, 9.17) is 16.6 Å². The standard InChI is InChI=1S/C23H24ClN7O/c1-2-25-23(32)30-13-5-12-29(14-15-30)22-26-19-7-4-3-6-18(19)21-28-27-20(31(21)22)16-8-10-17(24)11-9-16/h3-4,6-11H,2,5,12-15H2,1H3,(H,25,32). The van der Waals surface area contributed by atoms with E-state index >= 15 is 0 Å². The molecule has 0 spiro atoms. The van der Waals surface area contributed by atoms with Gasteiger partial charge in [-0.3, -0.25) is 0 Å². The maximum atomic E-state index is 12.4. The Hall–Kier alpha value is -3.39. The van der Waals surface area contributed by atoms with Crippen LogP contribution in [0.5, 0.6) is 0 Å². The Bertz CT molecular complexity index is 1270. The highest BCUT2D eigenvalue weighted by molar-refractivity contribution is 6.30. The maximum absolute atomic E-state index is 12.4. The number of para-hydroxylation sites is 1. The molecular formula is C23H24ClN7O. The number of nitrogens with one attached hydrogen (secondary N) is 1. The molecule has 1 aliphatic rings. The average molecular weight is 450 g/mol. The summed E-state index contributed by atoms with van der Waals surface area (Å²) in [6.45, 7) is 5.36. The zero-order chi connectivity index (χ0) is 22.1. The summed E-state index contributed by atoms with van der Waals surface area (Å²) in [5, 5.41) is 13.6. The lowest BCUT2D eigenvalue weighted by Crippen LogP contribution is -2.42. The van der Waals surface area contributed by atoms with Crippen LogP contribution >= 0.6 is 11.6 Å². The summed E-state index contributed by atoms with van der Waals surface area (Å²) in [6, 6.07) is 15.5. The Labute approximate surface area is 190 Å². The number of anilines is 1. The Balaban J connectivity index is 1.62. The monoisotopic (exact) mass is 449 g/mol. The van der Waals surface area contributed by atoms with Gasteiger partial charge in [0, 0.05) is 48.7 Å². The van der Waals surface area contributed by atoms with Crippen LogP contribution in [0.1, 0.15) is 13.3 Å². The third-order valence-electron chi connectivity index (χ3n) is 5.72. The van der Waals surface area contributed by atoms with E-state index in [0.717, 1.165) is 46.9 Å². The van der Waals surface area contributed by atoms with Crippen molar-refractivity contribution < 1.29 is 4.79 Å². The van der Waals surface area contributed by atoms with E-state index in [1.807, 2.05) is 64.8 Å². The predicted octanol–water partition coefficient (Wildman–Crippen LogP) is 3.84. The van der Waals surface area contributed by atoms with E-state index < -0.39 is 0 Å². The SMILES string of the molecule is CCNC(=O)N1CCCN(c2nc3ccccc3c3nnc(-c4ccc(Cl)cc4)n23)CC1. The molecule has 3 heterocycles. The number of carbonyl (C=O) groups excluding carboxylic acids is 1. The lowest BCUT2D eigenvalue weighted by atomic mass is 10.2. The molecular weight excluding hydrogens is 426 g/mol. The van der Waals surface area contributed by atoms with Gasteiger partial charge in [0.15, 0.2) is 11.5 Å². The van der Waals surface area contributed by atoms with Crippen LogP contribution in [0.2, 0.25) is 5.02 Å². The van der Waals surface area contributed by atoms with Gasteiger partial charge in [0.1, 0.15) is 0 Å². The zero-order valence-electron chi connectivity index (χ0n) is 17.8. The van der Waals surface area contributed by atoms with E-state index in [1.165, 1.54) is 0 Å². The summed E-state index contributed by atoms with van der Waals surface area (Å²) in [7, 11) is 0. The van der Waals surface area contributed by atoms with Crippen molar-refractivity contribution in [2.24, 2.45) is 0 Å². The molecule has 2 aromatic carbocycles. The number of aromatic nitrogens is 4. The number of carbonyl (C=O) groups is 1. The minimum atomic E-state index is -0.0166. The molecule has 1 fully saturated rings. The summed E-state index contributed by atoms with van der Waals surface area (Å²) >= 11 is 6.10. The zero-order valence-corrected chi connectivity index (χ0v) is 18.6. The molecule has 0 unspecified atom stereocenters. The molecule has 0 aliphatic carbocycles. The van der Waals surface area contributed by atoms with Crippen molar-refractivity contribution in [1.82, 2.24) is 29.8 Å². The minimum Gasteiger partial charge on any atom is -0.340 e. The summed E-state index contributed by atoms with van der Waals surface area (Å²) < 4.78 is 2.02. The molecule has 32 heavy (non-hydrogen) atoms. The van der Waals surface area contributed by atoms with Crippen molar-refractivity contribution >= 4 is 40.1 Å². The van der Waals surface area contributed by atoms with Gasteiger partial charge < -0.3 is 15.1 Å². The molecule has 164 valence electrons. The van der Waals surface area contributed by atoms with E-state index in [-0.39, 0.29) is 6.03 Å². The lowest BCUT2D eigenvalue weighted by Gasteiger charge is -2.24. The van der Waals surface area contributed by atoms with E-state index in [1.54, 1.807) is 0 Å². The number of hydrogen-bond donors (Lipinski definition) is 1. The fourth-order valence-electron chi connectivity index (χ4n) is 4.15. The molecule has 8 nitrogen and oxygen atoms in total. The fourth-order valence-corrected chi connectivity index (χ4v) is 4.27. The van der Waals surface area contributed by atoms with Crippen LogP contribution < -0.4 is 10.2 Å². The predicted molar refractivity (Wildman–Crippen MR) is 126 cm³/mol. The molecule has 5 rings (SSSR count). The van der Waals surface area contributed by atoms with Crippen molar-refractivity contribution in [3.8, 4) is 11.4 Å². The van der Waals surface area contributed by atoms with Gasteiger partial charge in [-0.25, -0.2) is 14.2 Å². The number of amides is 2. The minimum absolute atomic E-state index is 0.0166.